The van der Waals surface area contributed by atoms with Crippen LogP contribution in [0.25, 0.3) is 0 Å². The maximum Gasteiger partial charge on any atom is 0.346 e. The molecule has 0 bridgehead atoms. The monoisotopic (exact) mass is 282 g/mol. The number of nitrogens with zero attached hydrogens (tertiary/aromatic N) is 1. The van der Waals surface area contributed by atoms with Crippen molar-refractivity contribution in [2.75, 3.05) is 0 Å². The lowest BCUT2D eigenvalue weighted by atomic mass is 10.2. The average molecular weight is 282 g/mol. The van der Waals surface area contributed by atoms with Crippen molar-refractivity contribution < 1.29 is 9.90 Å². The Morgan fingerprint density at radius 1 is 1.32 bits per heavy atom. The number of nitrogens with one attached hydrogen (secondary N) is 1. The van der Waals surface area contributed by atoms with E-state index in [1.807, 2.05) is 0 Å². The van der Waals surface area contributed by atoms with Crippen LogP contribution < -0.4 is 5.69 Å². The summed E-state index contributed by atoms with van der Waals surface area (Å²) in [5.41, 5.74) is 0.0380. The number of aryl methyl sites for hydroxylation is 1. The molecule has 5 nitrogen and oxygen atoms in total. The van der Waals surface area contributed by atoms with Crippen molar-refractivity contribution >= 4 is 17.7 Å². The molecule has 1 fully saturated rings. The summed E-state index contributed by atoms with van der Waals surface area (Å²) in [5, 5.41) is 9.98. The molecule has 1 aromatic rings. The fourth-order valence-corrected chi connectivity index (χ4v) is 3.79. The highest BCUT2D eigenvalue weighted by Crippen LogP contribution is 2.33. The summed E-state index contributed by atoms with van der Waals surface area (Å²) in [5.74, 6) is -1.03. The molecule has 1 aromatic heterocycles. The largest absolute Gasteiger partial charge is 0.478 e. The molecular formula is C13H18N2O3S. The molecule has 0 radical (unpaired) electrons. The van der Waals surface area contributed by atoms with E-state index < -0.39 is 11.7 Å². The highest BCUT2D eigenvalue weighted by atomic mass is 32.2. The van der Waals surface area contributed by atoms with Gasteiger partial charge in [-0.2, -0.15) is 4.98 Å². The predicted molar refractivity (Wildman–Crippen MR) is 73.9 cm³/mol. The van der Waals surface area contributed by atoms with Gasteiger partial charge in [-0.25, -0.2) is 9.59 Å². The zero-order valence-electron chi connectivity index (χ0n) is 10.9. The van der Waals surface area contributed by atoms with Crippen LogP contribution in [0.15, 0.2) is 9.82 Å². The van der Waals surface area contributed by atoms with Gasteiger partial charge in [0, 0.05) is 10.9 Å². The Bertz CT molecular complexity index is 519. The van der Waals surface area contributed by atoms with Gasteiger partial charge in [0.05, 0.1) is 0 Å². The first-order chi connectivity index (χ1) is 9.08. The SMILES string of the molecule is Cc1[nH]c(=O)nc(SC2CCCCCC2)c1C(=O)O. The van der Waals surface area contributed by atoms with E-state index in [2.05, 4.69) is 9.97 Å². The third kappa shape index (κ3) is 3.59. The predicted octanol–water partition coefficient (Wildman–Crippen LogP) is 2.59. The van der Waals surface area contributed by atoms with Crippen molar-refractivity contribution in [3.8, 4) is 0 Å². The van der Waals surface area contributed by atoms with E-state index >= 15 is 0 Å². The molecule has 1 aliphatic rings. The minimum Gasteiger partial charge on any atom is -0.478 e. The molecule has 0 spiro atoms. The number of thioether (sulfide) groups is 1. The number of hydrogen-bond donors (Lipinski definition) is 2. The van der Waals surface area contributed by atoms with Crippen molar-refractivity contribution in [3.05, 3.63) is 21.7 Å². The number of carboxylic acid groups (broad SMARTS) is 1. The first-order valence-corrected chi connectivity index (χ1v) is 7.47. The zero-order valence-corrected chi connectivity index (χ0v) is 11.8. The van der Waals surface area contributed by atoms with E-state index in [0.717, 1.165) is 12.8 Å². The van der Waals surface area contributed by atoms with Gasteiger partial charge in [-0.3, -0.25) is 0 Å². The van der Waals surface area contributed by atoms with Gasteiger partial charge < -0.3 is 10.1 Å². The van der Waals surface area contributed by atoms with Crippen LogP contribution in [0.2, 0.25) is 0 Å². The van der Waals surface area contributed by atoms with E-state index in [4.69, 9.17) is 0 Å². The normalized spacial score (nSPS) is 17.1. The molecule has 104 valence electrons. The zero-order chi connectivity index (χ0) is 13.8. The summed E-state index contributed by atoms with van der Waals surface area (Å²) in [6, 6.07) is 0. The lowest BCUT2D eigenvalue weighted by molar-refractivity contribution is 0.0690. The number of aromatic nitrogens is 2. The maximum absolute atomic E-state index is 11.4. The first-order valence-electron chi connectivity index (χ1n) is 6.59. The molecule has 0 unspecified atom stereocenters. The number of carbonyl (C=O) groups is 1. The van der Waals surface area contributed by atoms with Crippen LogP contribution in [0.4, 0.5) is 0 Å². The molecule has 2 N–H and O–H groups in total. The number of hydrogen-bond acceptors (Lipinski definition) is 4. The summed E-state index contributed by atoms with van der Waals surface area (Å²) in [6.45, 7) is 1.60. The third-order valence-electron chi connectivity index (χ3n) is 3.38. The van der Waals surface area contributed by atoms with Crippen molar-refractivity contribution in [1.82, 2.24) is 9.97 Å². The number of carboxylic acids is 1. The Morgan fingerprint density at radius 2 is 1.95 bits per heavy atom. The van der Waals surface area contributed by atoms with Crippen LogP contribution in [-0.4, -0.2) is 26.3 Å². The summed E-state index contributed by atoms with van der Waals surface area (Å²) in [7, 11) is 0. The lowest BCUT2D eigenvalue weighted by Crippen LogP contribution is -2.19. The average Bonchev–Trinajstić information content (AvgIpc) is 2.56. The number of rotatable bonds is 3. The minimum atomic E-state index is -1.03. The van der Waals surface area contributed by atoms with Gasteiger partial charge >= 0.3 is 11.7 Å². The van der Waals surface area contributed by atoms with Crippen molar-refractivity contribution in [3.63, 3.8) is 0 Å². The molecule has 6 heteroatoms. The van der Waals surface area contributed by atoms with Crippen LogP contribution >= 0.6 is 11.8 Å². The van der Waals surface area contributed by atoms with Crippen molar-refractivity contribution in [1.29, 1.82) is 0 Å². The summed E-state index contributed by atoms with van der Waals surface area (Å²) < 4.78 is 0. The Hall–Kier alpha value is -1.30. The Balaban J connectivity index is 2.27. The van der Waals surface area contributed by atoms with Gasteiger partial charge in [-0.1, -0.05) is 25.7 Å². The van der Waals surface area contributed by atoms with Gasteiger partial charge in [0.2, 0.25) is 0 Å². The maximum atomic E-state index is 11.4. The Kier molecular flexibility index (Phi) is 4.63. The molecule has 1 heterocycles. The molecular weight excluding hydrogens is 264 g/mol. The summed E-state index contributed by atoms with van der Waals surface area (Å²) >= 11 is 1.45. The third-order valence-corrected chi connectivity index (χ3v) is 4.70. The first kappa shape index (κ1) is 14.1. The molecule has 19 heavy (non-hydrogen) atoms. The second-order valence-electron chi connectivity index (χ2n) is 4.88. The number of aromatic amines is 1. The Morgan fingerprint density at radius 3 is 2.53 bits per heavy atom. The van der Waals surface area contributed by atoms with E-state index in [-0.39, 0.29) is 5.56 Å². The smallest absolute Gasteiger partial charge is 0.346 e. The molecule has 0 amide bonds. The molecule has 1 aliphatic carbocycles. The highest BCUT2D eigenvalue weighted by Gasteiger charge is 2.21. The standard InChI is InChI=1S/C13H18N2O3S/c1-8-10(12(16)17)11(15-13(18)14-8)19-9-6-4-2-3-5-7-9/h9H,2-7H2,1H3,(H,16,17)(H,14,15,18). The van der Waals surface area contributed by atoms with Gasteiger partial charge in [-0.05, 0) is 19.8 Å². The molecule has 0 saturated heterocycles. The summed E-state index contributed by atoms with van der Waals surface area (Å²) in [6.07, 6.45) is 6.95. The van der Waals surface area contributed by atoms with Crippen molar-refractivity contribution in [2.45, 2.75) is 55.7 Å². The fraction of sp³-hybridized carbons (Fsp3) is 0.615. The van der Waals surface area contributed by atoms with E-state index in [1.54, 1.807) is 6.92 Å². The van der Waals surface area contributed by atoms with Crippen LogP contribution in [-0.2, 0) is 0 Å². The van der Waals surface area contributed by atoms with Crippen LogP contribution in [0.1, 0.15) is 54.6 Å². The van der Waals surface area contributed by atoms with E-state index in [9.17, 15) is 14.7 Å². The molecule has 0 atom stereocenters. The second kappa shape index (κ2) is 6.23. The van der Waals surface area contributed by atoms with Crippen LogP contribution in [0.3, 0.4) is 0 Å². The molecule has 0 aliphatic heterocycles. The molecule has 1 saturated carbocycles. The highest BCUT2D eigenvalue weighted by molar-refractivity contribution is 7.99. The second-order valence-corrected chi connectivity index (χ2v) is 6.17. The lowest BCUT2D eigenvalue weighted by Gasteiger charge is -2.14. The Labute approximate surface area is 115 Å². The van der Waals surface area contributed by atoms with Gasteiger partial charge in [0.25, 0.3) is 0 Å². The number of aromatic carboxylic acids is 1. The van der Waals surface area contributed by atoms with E-state index in [1.165, 1.54) is 37.4 Å². The number of H-pyrrole nitrogens is 1. The van der Waals surface area contributed by atoms with Gasteiger partial charge in [0.15, 0.2) is 0 Å². The molecule has 0 aromatic carbocycles. The van der Waals surface area contributed by atoms with Gasteiger partial charge in [0.1, 0.15) is 10.6 Å². The fourth-order valence-electron chi connectivity index (χ4n) is 2.41. The quantitative estimate of drug-likeness (QED) is 0.657. The summed E-state index contributed by atoms with van der Waals surface area (Å²) in [4.78, 5) is 29.0. The van der Waals surface area contributed by atoms with Crippen molar-refractivity contribution in [2.24, 2.45) is 0 Å². The van der Waals surface area contributed by atoms with E-state index in [0.29, 0.717) is 16.0 Å². The minimum absolute atomic E-state index is 0.133. The van der Waals surface area contributed by atoms with Crippen LogP contribution in [0.5, 0.6) is 0 Å². The molecule has 2 rings (SSSR count). The van der Waals surface area contributed by atoms with Gasteiger partial charge in [-0.15, -0.1) is 11.8 Å². The topological polar surface area (TPSA) is 83.0 Å². The van der Waals surface area contributed by atoms with Crippen LogP contribution in [0, 0.1) is 6.92 Å².